The summed E-state index contributed by atoms with van der Waals surface area (Å²) in [5, 5.41) is 0. The Morgan fingerprint density at radius 1 is 0.957 bits per heavy atom. The molecule has 1 aliphatic rings. The van der Waals surface area contributed by atoms with Crippen LogP contribution in [0.4, 0.5) is 5.69 Å². The van der Waals surface area contributed by atoms with E-state index in [1.165, 1.54) is 18.4 Å². The van der Waals surface area contributed by atoms with Crippen molar-refractivity contribution >= 4 is 22.7 Å². The van der Waals surface area contributed by atoms with Gasteiger partial charge >= 0.3 is 0 Å². The van der Waals surface area contributed by atoms with Crippen molar-refractivity contribution < 1.29 is 4.79 Å². The van der Waals surface area contributed by atoms with Crippen molar-refractivity contribution in [1.29, 1.82) is 0 Å². The number of rotatable bonds is 5. The Kier molecular flexibility index (Phi) is 4.61. The maximum Gasteiger partial charge on any atom is 0.259 e. The molecule has 2 aromatic rings. The number of para-hydroxylation sites is 1. The quantitative estimate of drug-likeness (QED) is 0.552. The minimum atomic E-state index is 0.113. The summed E-state index contributed by atoms with van der Waals surface area (Å²) < 4.78 is 0. The van der Waals surface area contributed by atoms with Crippen molar-refractivity contribution in [2.45, 2.75) is 32.6 Å². The molecule has 0 fully saturated rings. The first-order chi connectivity index (χ1) is 11.2. The molecule has 1 amide bonds. The van der Waals surface area contributed by atoms with Gasteiger partial charge < -0.3 is 4.90 Å². The maximum absolute atomic E-state index is 12.9. The highest BCUT2D eigenvalue weighted by Gasteiger charge is 2.31. The molecule has 2 aromatic carbocycles. The minimum Gasteiger partial charge on any atom is -0.311 e. The van der Waals surface area contributed by atoms with E-state index in [9.17, 15) is 4.79 Å². The molecular weight excluding hydrogens is 282 g/mol. The van der Waals surface area contributed by atoms with Crippen molar-refractivity contribution in [3.63, 3.8) is 0 Å². The third kappa shape index (κ3) is 2.94. The van der Waals surface area contributed by atoms with Crippen LogP contribution in [0.2, 0.25) is 0 Å². The molecule has 0 unspecified atom stereocenters. The number of carbonyl (C=O) groups excluding carboxylic acids is 1. The minimum absolute atomic E-state index is 0.113. The third-order valence-corrected chi connectivity index (χ3v) is 4.51. The normalized spacial score (nSPS) is 15.7. The van der Waals surface area contributed by atoms with Crippen molar-refractivity contribution in [3.8, 4) is 0 Å². The number of amides is 1. The van der Waals surface area contributed by atoms with E-state index in [0.29, 0.717) is 0 Å². The fourth-order valence-corrected chi connectivity index (χ4v) is 3.27. The molecule has 0 aromatic heterocycles. The first-order valence-electron chi connectivity index (χ1n) is 8.40. The summed E-state index contributed by atoms with van der Waals surface area (Å²) in [5.74, 6) is 0.113. The Morgan fingerprint density at radius 2 is 1.65 bits per heavy atom. The van der Waals surface area contributed by atoms with E-state index >= 15 is 0 Å². The highest BCUT2D eigenvalue weighted by molar-refractivity contribution is 6.37. The summed E-state index contributed by atoms with van der Waals surface area (Å²) in [6.07, 6.45) is 4.43. The van der Waals surface area contributed by atoms with Crippen LogP contribution in [-0.4, -0.2) is 13.0 Å². The lowest BCUT2D eigenvalue weighted by Gasteiger charge is -2.12. The number of benzene rings is 2. The molecule has 0 saturated carbocycles. The van der Waals surface area contributed by atoms with Crippen LogP contribution in [0, 0.1) is 0 Å². The van der Waals surface area contributed by atoms with Crippen LogP contribution in [0.3, 0.4) is 0 Å². The zero-order chi connectivity index (χ0) is 16.2. The highest BCUT2D eigenvalue weighted by atomic mass is 16.2. The Hall–Kier alpha value is -2.35. The Bertz CT molecular complexity index is 731. The van der Waals surface area contributed by atoms with Crippen LogP contribution >= 0.6 is 0 Å². The SMILES string of the molecule is CCCCC/C(=C1\C(=O)N(C)c2ccccc21)c1ccccc1. The lowest BCUT2D eigenvalue weighted by atomic mass is 9.91. The fraction of sp³-hybridized carbons (Fsp3) is 0.286. The number of nitrogens with zero attached hydrogens (tertiary/aromatic N) is 1. The monoisotopic (exact) mass is 305 g/mol. The molecular formula is C21H23NO. The lowest BCUT2D eigenvalue weighted by molar-refractivity contribution is -0.112. The van der Waals surface area contributed by atoms with Crippen LogP contribution in [0.15, 0.2) is 54.6 Å². The van der Waals surface area contributed by atoms with Gasteiger partial charge in [-0.2, -0.15) is 0 Å². The van der Waals surface area contributed by atoms with Gasteiger partial charge in [0.25, 0.3) is 5.91 Å². The van der Waals surface area contributed by atoms with Gasteiger partial charge in [-0.1, -0.05) is 68.3 Å². The van der Waals surface area contributed by atoms with Crippen molar-refractivity contribution in [2.24, 2.45) is 0 Å². The van der Waals surface area contributed by atoms with Crippen molar-refractivity contribution in [2.75, 3.05) is 11.9 Å². The fourth-order valence-electron chi connectivity index (χ4n) is 3.27. The molecule has 3 rings (SSSR count). The number of unbranched alkanes of at least 4 members (excludes halogenated alkanes) is 2. The van der Waals surface area contributed by atoms with E-state index in [-0.39, 0.29) is 5.91 Å². The highest BCUT2D eigenvalue weighted by Crippen LogP contribution is 2.41. The maximum atomic E-state index is 12.9. The van der Waals surface area contributed by atoms with E-state index in [1.54, 1.807) is 4.90 Å². The number of anilines is 1. The summed E-state index contributed by atoms with van der Waals surface area (Å²) in [4.78, 5) is 14.6. The largest absolute Gasteiger partial charge is 0.311 e. The number of hydrogen-bond donors (Lipinski definition) is 0. The summed E-state index contributed by atoms with van der Waals surface area (Å²) in [5.41, 5.74) is 5.30. The Morgan fingerprint density at radius 3 is 2.39 bits per heavy atom. The topological polar surface area (TPSA) is 20.3 Å². The van der Waals surface area contributed by atoms with Gasteiger partial charge in [0.1, 0.15) is 0 Å². The van der Waals surface area contributed by atoms with Crippen LogP contribution < -0.4 is 4.90 Å². The number of likely N-dealkylation sites (N-methyl/N-ethyl adjacent to an activating group) is 1. The molecule has 0 spiro atoms. The van der Waals surface area contributed by atoms with E-state index in [0.717, 1.165) is 35.2 Å². The molecule has 0 saturated heterocycles. The molecule has 0 aliphatic carbocycles. The number of hydrogen-bond acceptors (Lipinski definition) is 1. The summed E-state index contributed by atoms with van der Waals surface area (Å²) in [7, 11) is 1.86. The van der Waals surface area contributed by atoms with Gasteiger partial charge in [0.15, 0.2) is 0 Å². The second-order valence-electron chi connectivity index (χ2n) is 6.06. The number of fused-ring (bicyclic) bond motifs is 1. The molecule has 0 atom stereocenters. The molecule has 118 valence electrons. The van der Waals surface area contributed by atoms with Gasteiger partial charge in [0, 0.05) is 12.6 Å². The third-order valence-electron chi connectivity index (χ3n) is 4.51. The van der Waals surface area contributed by atoms with Gasteiger partial charge in [-0.05, 0) is 30.0 Å². The van der Waals surface area contributed by atoms with Crippen LogP contribution in [0.1, 0.15) is 43.7 Å². The van der Waals surface area contributed by atoms with Crippen LogP contribution in [-0.2, 0) is 4.79 Å². The van der Waals surface area contributed by atoms with Crippen LogP contribution in [0.5, 0.6) is 0 Å². The first kappa shape index (κ1) is 15.5. The average molecular weight is 305 g/mol. The second-order valence-corrected chi connectivity index (χ2v) is 6.06. The molecule has 2 heteroatoms. The number of carbonyl (C=O) groups is 1. The van der Waals surface area contributed by atoms with Gasteiger partial charge in [0.2, 0.25) is 0 Å². The van der Waals surface area contributed by atoms with Gasteiger partial charge in [-0.3, -0.25) is 4.79 Å². The summed E-state index contributed by atoms with van der Waals surface area (Å²) in [6, 6.07) is 18.4. The van der Waals surface area contributed by atoms with Crippen LogP contribution in [0.25, 0.3) is 11.1 Å². The molecule has 0 radical (unpaired) electrons. The molecule has 1 heterocycles. The Balaban J connectivity index is 2.14. The second kappa shape index (κ2) is 6.82. The summed E-state index contributed by atoms with van der Waals surface area (Å²) in [6.45, 7) is 2.21. The Labute approximate surface area is 138 Å². The molecule has 23 heavy (non-hydrogen) atoms. The smallest absolute Gasteiger partial charge is 0.259 e. The lowest BCUT2D eigenvalue weighted by Crippen LogP contribution is -2.20. The molecule has 0 N–H and O–H groups in total. The zero-order valence-electron chi connectivity index (χ0n) is 13.9. The molecule has 1 aliphatic heterocycles. The van der Waals surface area contributed by atoms with E-state index in [2.05, 4.69) is 25.1 Å². The van der Waals surface area contributed by atoms with Gasteiger partial charge in [-0.15, -0.1) is 0 Å². The van der Waals surface area contributed by atoms with Crippen molar-refractivity contribution in [1.82, 2.24) is 0 Å². The molecule has 0 bridgehead atoms. The number of allylic oxidation sites excluding steroid dienone is 1. The van der Waals surface area contributed by atoms with Gasteiger partial charge in [-0.25, -0.2) is 0 Å². The predicted molar refractivity (Wildman–Crippen MR) is 97.3 cm³/mol. The van der Waals surface area contributed by atoms with Gasteiger partial charge in [0.05, 0.1) is 11.3 Å². The predicted octanol–water partition coefficient (Wildman–Crippen LogP) is 5.15. The van der Waals surface area contributed by atoms with E-state index in [4.69, 9.17) is 0 Å². The van der Waals surface area contributed by atoms with E-state index in [1.807, 2.05) is 43.4 Å². The average Bonchev–Trinajstić information content (AvgIpc) is 2.85. The summed E-state index contributed by atoms with van der Waals surface area (Å²) >= 11 is 0. The first-order valence-corrected chi connectivity index (χ1v) is 8.40. The molecule has 2 nitrogen and oxygen atoms in total. The standard InChI is InChI=1S/C21H23NO/c1-3-4-6-13-17(16-11-7-5-8-12-16)20-18-14-9-10-15-19(18)22(2)21(20)23/h5,7-12,14-15H,3-4,6,13H2,1-2H3/b20-17+. The van der Waals surface area contributed by atoms with Crippen molar-refractivity contribution in [3.05, 3.63) is 65.7 Å². The van der Waals surface area contributed by atoms with E-state index < -0.39 is 0 Å². The zero-order valence-corrected chi connectivity index (χ0v) is 13.9.